The number of nitrogens with one attached hydrogen (secondary N) is 1. The lowest BCUT2D eigenvalue weighted by Crippen LogP contribution is -2.11. The molecule has 24 heavy (non-hydrogen) atoms. The highest BCUT2D eigenvalue weighted by molar-refractivity contribution is 6.04. The highest BCUT2D eigenvalue weighted by atomic mass is 16.1. The highest BCUT2D eigenvalue weighted by Gasteiger charge is 2.07. The third kappa shape index (κ3) is 5.38. The van der Waals surface area contributed by atoms with Crippen molar-refractivity contribution in [2.75, 3.05) is 5.32 Å². The van der Waals surface area contributed by atoms with Gasteiger partial charge in [-0.25, -0.2) is 0 Å². The van der Waals surface area contributed by atoms with Crippen LogP contribution in [0.4, 0.5) is 5.69 Å². The number of amides is 1. The summed E-state index contributed by atoms with van der Waals surface area (Å²) in [5.74, 6) is 0.405. The van der Waals surface area contributed by atoms with E-state index in [-0.39, 0.29) is 11.3 Å². The second kappa shape index (κ2) is 7.48. The molecule has 0 atom stereocenters. The van der Waals surface area contributed by atoms with Crippen LogP contribution in [0, 0.1) is 5.41 Å². The van der Waals surface area contributed by atoms with Gasteiger partial charge in [0.15, 0.2) is 0 Å². The number of benzene rings is 2. The lowest BCUT2D eigenvalue weighted by molar-refractivity contribution is 0.102. The molecule has 1 N–H and O–H groups in total. The Balaban J connectivity index is 2.03. The van der Waals surface area contributed by atoms with Crippen LogP contribution in [-0.2, 0) is 0 Å². The fraction of sp³-hybridized carbons (Fsp3) is 0.318. The van der Waals surface area contributed by atoms with Crippen LogP contribution in [0.5, 0.6) is 0 Å². The Morgan fingerprint density at radius 2 is 1.54 bits per heavy atom. The minimum atomic E-state index is -0.0846. The molecule has 0 aromatic heterocycles. The molecule has 0 spiro atoms. The first-order chi connectivity index (χ1) is 11.2. The monoisotopic (exact) mass is 321 g/mol. The third-order valence-corrected chi connectivity index (χ3v) is 3.78. The van der Waals surface area contributed by atoms with Crippen LogP contribution < -0.4 is 5.32 Å². The van der Waals surface area contributed by atoms with E-state index in [9.17, 15) is 4.79 Å². The van der Waals surface area contributed by atoms with Crippen molar-refractivity contribution in [2.24, 2.45) is 5.41 Å². The van der Waals surface area contributed by atoms with E-state index in [1.54, 1.807) is 0 Å². The van der Waals surface area contributed by atoms with Crippen molar-refractivity contribution < 1.29 is 4.79 Å². The molecule has 0 unspecified atom stereocenters. The Kier molecular flexibility index (Phi) is 5.61. The molecule has 2 aromatic rings. The van der Waals surface area contributed by atoms with Crippen LogP contribution >= 0.6 is 0 Å². The van der Waals surface area contributed by atoms with E-state index in [1.165, 1.54) is 5.56 Å². The molecule has 0 aliphatic heterocycles. The second-order valence-corrected chi connectivity index (χ2v) is 7.55. The molecule has 0 aliphatic rings. The predicted octanol–water partition coefficient (Wildman–Crippen LogP) is 6.12. The normalized spacial score (nSPS) is 11.9. The SMILES string of the molecule is CC(C)c1ccc(NC(=O)c2ccc(C=CC(C)(C)C)cc2)cc1. The van der Waals surface area contributed by atoms with E-state index in [1.807, 2.05) is 36.4 Å². The van der Waals surface area contributed by atoms with Crippen LogP contribution in [0.1, 0.15) is 62.0 Å². The van der Waals surface area contributed by atoms with E-state index < -0.39 is 0 Å². The topological polar surface area (TPSA) is 29.1 Å². The van der Waals surface area contributed by atoms with Crippen molar-refractivity contribution in [1.29, 1.82) is 0 Å². The smallest absolute Gasteiger partial charge is 0.255 e. The van der Waals surface area contributed by atoms with Crippen LogP contribution in [-0.4, -0.2) is 5.91 Å². The van der Waals surface area contributed by atoms with E-state index >= 15 is 0 Å². The lowest BCUT2D eigenvalue weighted by atomic mass is 9.95. The van der Waals surface area contributed by atoms with Crippen LogP contribution in [0.25, 0.3) is 6.08 Å². The molecular weight excluding hydrogens is 294 g/mol. The van der Waals surface area contributed by atoms with Crippen molar-refractivity contribution in [1.82, 2.24) is 0 Å². The summed E-state index contributed by atoms with van der Waals surface area (Å²) in [4.78, 5) is 12.3. The Hall–Kier alpha value is -2.35. The minimum absolute atomic E-state index is 0.0846. The summed E-state index contributed by atoms with van der Waals surface area (Å²) < 4.78 is 0. The Labute approximate surface area is 145 Å². The molecule has 0 radical (unpaired) electrons. The van der Waals surface area contributed by atoms with Gasteiger partial charge in [-0.05, 0) is 46.7 Å². The molecule has 0 aliphatic carbocycles. The number of anilines is 1. The summed E-state index contributed by atoms with van der Waals surface area (Å²) in [6.07, 6.45) is 4.25. The average Bonchev–Trinajstić information content (AvgIpc) is 2.53. The van der Waals surface area contributed by atoms with Gasteiger partial charge >= 0.3 is 0 Å². The van der Waals surface area contributed by atoms with Crippen LogP contribution in [0.3, 0.4) is 0 Å². The molecule has 0 bridgehead atoms. The zero-order valence-corrected chi connectivity index (χ0v) is 15.3. The molecule has 0 saturated carbocycles. The fourth-order valence-electron chi connectivity index (χ4n) is 2.25. The number of carbonyl (C=O) groups is 1. The Bertz CT molecular complexity index is 701. The molecule has 126 valence electrons. The zero-order valence-electron chi connectivity index (χ0n) is 15.3. The molecule has 0 heterocycles. The summed E-state index contributed by atoms with van der Waals surface area (Å²) in [5, 5.41) is 2.94. The van der Waals surface area contributed by atoms with Crippen molar-refractivity contribution in [3.8, 4) is 0 Å². The van der Waals surface area contributed by atoms with Gasteiger partial charge in [0.1, 0.15) is 0 Å². The third-order valence-electron chi connectivity index (χ3n) is 3.78. The van der Waals surface area contributed by atoms with Crippen molar-refractivity contribution >= 4 is 17.7 Å². The van der Waals surface area contributed by atoms with Gasteiger partial charge in [0.05, 0.1) is 0 Å². The quantitative estimate of drug-likeness (QED) is 0.722. The number of allylic oxidation sites excluding steroid dienone is 1. The molecule has 0 fully saturated rings. The maximum absolute atomic E-state index is 12.3. The molecule has 1 amide bonds. The van der Waals surface area contributed by atoms with Gasteiger partial charge < -0.3 is 5.32 Å². The number of hydrogen-bond acceptors (Lipinski definition) is 1. The maximum atomic E-state index is 12.3. The first-order valence-electron chi connectivity index (χ1n) is 8.45. The van der Waals surface area contributed by atoms with Gasteiger partial charge in [0.25, 0.3) is 5.91 Å². The van der Waals surface area contributed by atoms with Crippen molar-refractivity contribution in [3.05, 3.63) is 71.3 Å². The zero-order chi connectivity index (χ0) is 17.7. The largest absolute Gasteiger partial charge is 0.322 e. The Morgan fingerprint density at radius 1 is 0.958 bits per heavy atom. The van der Waals surface area contributed by atoms with E-state index in [0.29, 0.717) is 11.5 Å². The summed E-state index contributed by atoms with van der Waals surface area (Å²) in [6, 6.07) is 15.7. The predicted molar refractivity (Wildman–Crippen MR) is 103 cm³/mol. The second-order valence-electron chi connectivity index (χ2n) is 7.55. The summed E-state index contributed by atoms with van der Waals surface area (Å²) in [5.41, 5.74) is 4.00. The van der Waals surface area contributed by atoms with Gasteiger partial charge in [0, 0.05) is 11.3 Å². The highest BCUT2D eigenvalue weighted by Crippen LogP contribution is 2.19. The van der Waals surface area contributed by atoms with Crippen molar-refractivity contribution in [2.45, 2.75) is 40.5 Å². The average molecular weight is 321 g/mol. The Morgan fingerprint density at radius 3 is 2.04 bits per heavy atom. The molecule has 2 rings (SSSR count). The first-order valence-corrected chi connectivity index (χ1v) is 8.45. The lowest BCUT2D eigenvalue weighted by Gasteiger charge is -2.11. The molecular formula is C22H27NO. The maximum Gasteiger partial charge on any atom is 0.255 e. The molecule has 2 nitrogen and oxygen atoms in total. The van der Waals surface area contributed by atoms with E-state index in [2.05, 4.69) is 64.2 Å². The number of rotatable bonds is 4. The van der Waals surface area contributed by atoms with Gasteiger partial charge in [0.2, 0.25) is 0 Å². The van der Waals surface area contributed by atoms with Gasteiger partial charge in [-0.15, -0.1) is 0 Å². The summed E-state index contributed by atoms with van der Waals surface area (Å²) in [6.45, 7) is 10.8. The fourth-order valence-corrected chi connectivity index (χ4v) is 2.25. The van der Waals surface area contributed by atoms with Crippen LogP contribution in [0.15, 0.2) is 54.6 Å². The minimum Gasteiger partial charge on any atom is -0.322 e. The number of hydrogen-bond donors (Lipinski definition) is 1. The first kappa shape index (κ1) is 18.0. The van der Waals surface area contributed by atoms with Gasteiger partial charge in [-0.1, -0.05) is 71.0 Å². The molecule has 2 aromatic carbocycles. The summed E-state index contributed by atoms with van der Waals surface area (Å²) >= 11 is 0. The standard InChI is InChI=1S/C22H27NO/c1-16(2)18-10-12-20(13-11-18)23-21(24)19-8-6-17(7-9-19)14-15-22(3,4)5/h6-16H,1-5H3,(H,23,24). The van der Waals surface area contributed by atoms with Crippen LogP contribution in [0.2, 0.25) is 0 Å². The van der Waals surface area contributed by atoms with E-state index in [0.717, 1.165) is 11.3 Å². The van der Waals surface area contributed by atoms with E-state index in [4.69, 9.17) is 0 Å². The van der Waals surface area contributed by atoms with Gasteiger partial charge in [-0.2, -0.15) is 0 Å². The number of carbonyl (C=O) groups excluding carboxylic acids is 1. The molecule has 0 saturated heterocycles. The van der Waals surface area contributed by atoms with Crippen molar-refractivity contribution in [3.63, 3.8) is 0 Å². The van der Waals surface area contributed by atoms with Gasteiger partial charge in [-0.3, -0.25) is 4.79 Å². The molecule has 2 heteroatoms. The summed E-state index contributed by atoms with van der Waals surface area (Å²) in [7, 11) is 0.